The molecule has 0 atom stereocenters. The first kappa shape index (κ1) is 12.7. The summed E-state index contributed by atoms with van der Waals surface area (Å²) in [4.78, 5) is 10.7. The molecule has 0 spiro atoms. The standard InChI is InChI=1S/C13H11BrO4/c1-8-4-10(2-3-12(8)14)18-7-11-5-9(6-17-11)13(15)16/h2-6H,7H2,1H3,(H,15,16). The summed E-state index contributed by atoms with van der Waals surface area (Å²) in [6.45, 7) is 2.17. The summed E-state index contributed by atoms with van der Waals surface area (Å²) < 4.78 is 11.6. The molecule has 2 aromatic rings. The van der Waals surface area contributed by atoms with E-state index in [1.54, 1.807) is 0 Å². The fourth-order valence-corrected chi connectivity index (χ4v) is 1.68. The summed E-state index contributed by atoms with van der Waals surface area (Å²) in [5, 5.41) is 8.74. The van der Waals surface area contributed by atoms with Crippen LogP contribution in [0.3, 0.4) is 0 Å². The van der Waals surface area contributed by atoms with E-state index in [1.807, 2.05) is 25.1 Å². The maximum Gasteiger partial charge on any atom is 0.338 e. The molecule has 1 aromatic heterocycles. The van der Waals surface area contributed by atoms with Crippen LogP contribution >= 0.6 is 15.9 Å². The third kappa shape index (κ3) is 2.92. The van der Waals surface area contributed by atoms with E-state index in [0.29, 0.717) is 11.5 Å². The molecule has 4 nitrogen and oxygen atoms in total. The normalized spacial score (nSPS) is 10.3. The van der Waals surface area contributed by atoms with E-state index in [1.165, 1.54) is 12.3 Å². The number of aryl methyl sites for hydroxylation is 1. The van der Waals surface area contributed by atoms with Crippen LogP contribution in [0, 0.1) is 6.92 Å². The second-order valence-corrected chi connectivity index (χ2v) is 4.66. The molecule has 1 heterocycles. The number of benzene rings is 1. The molecule has 5 heteroatoms. The summed E-state index contributed by atoms with van der Waals surface area (Å²) in [5.74, 6) is 0.182. The summed E-state index contributed by atoms with van der Waals surface area (Å²) in [6, 6.07) is 7.08. The van der Waals surface area contributed by atoms with Crippen LogP contribution < -0.4 is 4.74 Å². The number of furan rings is 1. The van der Waals surface area contributed by atoms with Crippen molar-refractivity contribution in [2.24, 2.45) is 0 Å². The predicted octanol–water partition coefficient (Wildman–Crippen LogP) is 3.63. The lowest BCUT2D eigenvalue weighted by molar-refractivity contribution is 0.0696. The van der Waals surface area contributed by atoms with Crippen LogP contribution in [0.5, 0.6) is 5.75 Å². The number of carbonyl (C=O) groups is 1. The van der Waals surface area contributed by atoms with Gasteiger partial charge in [-0.2, -0.15) is 0 Å². The van der Waals surface area contributed by atoms with Gasteiger partial charge in [-0.25, -0.2) is 4.79 Å². The highest BCUT2D eigenvalue weighted by Gasteiger charge is 2.08. The fraction of sp³-hybridized carbons (Fsp3) is 0.154. The third-order valence-electron chi connectivity index (χ3n) is 2.41. The number of aromatic carboxylic acids is 1. The zero-order valence-electron chi connectivity index (χ0n) is 9.64. The smallest absolute Gasteiger partial charge is 0.338 e. The third-order valence-corrected chi connectivity index (χ3v) is 3.30. The Morgan fingerprint density at radius 1 is 1.44 bits per heavy atom. The van der Waals surface area contributed by atoms with E-state index in [9.17, 15) is 4.79 Å². The molecular formula is C13H11BrO4. The second kappa shape index (κ2) is 5.27. The van der Waals surface area contributed by atoms with E-state index < -0.39 is 5.97 Å². The molecule has 0 amide bonds. The Bertz CT molecular complexity index is 574. The number of halogens is 1. The molecule has 18 heavy (non-hydrogen) atoms. The minimum atomic E-state index is -1.01. The second-order valence-electron chi connectivity index (χ2n) is 3.81. The summed E-state index contributed by atoms with van der Waals surface area (Å²) in [6.07, 6.45) is 1.20. The molecule has 2 rings (SSSR count). The van der Waals surface area contributed by atoms with Gasteiger partial charge in [-0.05, 0) is 36.8 Å². The van der Waals surface area contributed by atoms with Crippen LogP contribution in [-0.2, 0) is 6.61 Å². The minimum Gasteiger partial charge on any atom is -0.486 e. The van der Waals surface area contributed by atoms with E-state index in [2.05, 4.69) is 15.9 Å². The molecule has 0 aliphatic carbocycles. The molecule has 0 aliphatic heterocycles. The Hall–Kier alpha value is -1.75. The average molecular weight is 311 g/mol. The molecular weight excluding hydrogens is 300 g/mol. The number of hydrogen-bond donors (Lipinski definition) is 1. The maximum absolute atomic E-state index is 10.7. The Labute approximate surface area is 112 Å². The van der Waals surface area contributed by atoms with Crippen LogP contribution in [0.2, 0.25) is 0 Å². The molecule has 0 radical (unpaired) electrons. The van der Waals surface area contributed by atoms with Crippen molar-refractivity contribution in [1.82, 2.24) is 0 Å². The van der Waals surface area contributed by atoms with Crippen LogP contribution in [0.4, 0.5) is 0 Å². The van der Waals surface area contributed by atoms with Crippen molar-refractivity contribution >= 4 is 21.9 Å². The lowest BCUT2D eigenvalue weighted by Crippen LogP contribution is -1.95. The lowest BCUT2D eigenvalue weighted by Gasteiger charge is -2.05. The van der Waals surface area contributed by atoms with Gasteiger partial charge >= 0.3 is 5.97 Å². The van der Waals surface area contributed by atoms with Crippen LogP contribution in [0.1, 0.15) is 21.7 Å². The first-order valence-corrected chi connectivity index (χ1v) is 6.05. The Balaban J connectivity index is 2.02. The van der Waals surface area contributed by atoms with Gasteiger partial charge in [0.15, 0.2) is 0 Å². The molecule has 0 fully saturated rings. The summed E-state index contributed by atoms with van der Waals surface area (Å²) in [7, 11) is 0. The molecule has 0 saturated heterocycles. The number of carboxylic acid groups (broad SMARTS) is 1. The zero-order chi connectivity index (χ0) is 13.1. The monoisotopic (exact) mass is 310 g/mol. The van der Waals surface area contributed by atoms with Crippen LogP contribution in [0.25, 0.3) is 0 Å². The molecule has 1 N–H and O–H groups in total. The zero-order valence-corrected chi connectivity index (χ0v) is 11.2. The van der Waals surface area contributed by atoms with Crippen molar-refractivity contribution in [2.45, 2.75) is 13.5 Å². The van der Waals surface area contributed by atoms with Crippen molar-refractivity contribution in [3.8, 4) is 5.75 Å². The molecule has 0 saturated carbocycles. The topological polar surface area (TPSA) is 59.7 Å². The number of carboxylic acids is 1. The van der Waals surface area contributed by atoms with Crippen LogP contribution in [-0.4, -0.2) is 11.1 Å². The number of rotatable bonds is 4. The van der Waals surface area contributed by atoms with Crippen molar-refractivity contribution in [3.63, 3.8) is 0 Å². The van der Waals surface area contributed by atoms with Gasteiger partial charge in [0.05, 0.1) is 5.56 Å². The van der Waals surface area contributed by atoms with Crippen LogP contribution in [0.15, 0.2) is 39.4 Å². The van der Waals surface area contributed by atoms with Gasteiger partial charge in [-0.3, -0.25) is 0 Å². The minimum absolute atomic E-state index is 0.126. The SMILES string of the molecule is Cc1cc(OCc2cc(C(=O)O)co2)ccc1Br. The predicted molar refractivity (Wildman–Crippen MR) is 68.9 cm³/mol. The quantitative estimate of drug-likeness (QED) is 0.936. The van der Waals surface area contributed by atoms with E-state index >= 15 is 0 Å². The van der Waals surface area contributed by atoms with Gasteiger partial charge in [-0.1, -0.05) is 15.9 Å². The fourth-order valence-electron chi connectivity index (χ4n) is 1.43. The molecule has 0 aliphatic rings. The molecule has 0 unspecified atom stereocenters. The molecule has 0 bridgehead atoms. The molecule has 94 valence electrons. The highest BCUT2D eigenvalue weighted by atomic mass is 79.9. The van der Waals surface area contributed by atoms with E-state index in [0.717, 1.165) is 10.0 Å². The highest BCUT2D eigenvalue weighted by molar-refractivity contribution is 9.10. The van der Waals surface area contributed by atoms with Gasteiger partial charge in [-0.15, -0.1) is 0 Å². The van der Waals surface area contributed by atoms with E-state index in [4.69, 9.17) is 14.3 Å². The maximum atomic E-state index is 10.7. The van der Waals surface area contributed by atoms with Gasteiger partial charge < -0.3 is 14.3 Å². The van der Waals surface area contributed by atoms with Gasteiger partial charge in [0.2, 0.25) is 0 Å². The Morgan fingerprint density at radius 3 is 2.83 bits per heavy atom. The van der Waals surface area contributed by atoms with E-state index in [-0.39, 0.29) is 12.2 Å². The first-order chi connectivity index (χ1) is 8.56. The average Bonchev–Trinajstić information content (AvgIpc) is 2.79. The van der Waals surface area contributed by atoms with Gasteiger partial charge in [0, 0.05) is 4.47 Å². The van der Waals surface area contributed by atoms with Crippen molar-refractivity contribution in [2.75, 3.05) is 0 Å². The van der Waals surface area contributed by atoms with Gasteiger partial charge in [0.25, 0.3) is 0 Å². The van der Waals surface area contributed by atoms with Crippen molar-refractivity contribution in [1.29, 1.82) is 0 Å². The lowest BCUT2D eigenvalue weighted by atomic mass is 10.2. The van der Waals surface area contributed by atoms with Crippen molar-refractivity contribution < 1.29 is 19.1 Å². The Morgan fingerprint density at radius 2 is 2.22 bits per heavy atom. The Kier molecular flexibility index (Phi) is 3.72. The van der Waals surface area contributed by atoms with Gasteiger partial charge in [0.1, 0.15) is 24.4 Å². The highest BCUT2D eigenvalue weighted by Crippen LogP contribution is 2.22. The van der Waals surface area contributed by atoms with Crippen molar-refractivity contribution in [3.05, 3.63) is 51.9 Å². The first-order valence-electron chi connectivity index (χ1n) is 5.26. The number of ether oxygens (including phenoxy) is 1. The number of hydrogen-bond acceptors (Lipinski definition) is 3. The summed E-state index contributed by atoms with van der Waals surface area (Å²) in [5.41, 5.74) is 1.19. The molecule has 1 aromatic carbocycles. The summed E-state index contributed by atoms with van der Waals surface area (Å²) >= 11 is 3.41. The largest absolute Gasteiger partial charge is 0.486 e.